The molecule has 0 N–H and O–H groups in total. The lowest BCUT2D eigenvalue weighted by atomic mass is 10.1. The van der Waals surface area contributed by atoms with Gasteiger partial charge in [0.1, 0.15) is 22.9 Å². The first-order chi connectivity index (χ1) is 15.7. The van der Waals surface area contributed by atoms with Crippen molar-refractivity contribution in [1.82, 2.24) is 19.0 Å². The van der Waals surface area contributed by atoms with Crippen LogP contribution >= 0.6 is 11.6 Å². The average molecular weight is 473 g/mol. The Labute approximate surface area is 196 Å². The Bertz CT molecular complexity index is 1270. The Hall–Kier alpha value is -3.13. The van der Waals surface area contributed by atoms with Gasteiger partial charge in [0.25, 0.3) is 11.5 Å². The van der Waals surface area contributed by atoms with Crippen LogP contribution in [-0.4, -0.2) is 37.1 Å². The van der Waals surface area contributed by atoms with Gasteiger partial charge in [0, 0.05) is 30.9 Å². The number of aryl methyl sites for hydroxylation is 1. The van der Waals surface area contributed by atoms with Gasteiger partial charge in [0.2, 0.25) is 0 Å². The van der Waals surface area contributed by atoms with E-state index in [0.717, 1.165) is 12.1 Å². The summed E-state index contributed by atoms with van der Waals surface area (Å²) in [5.41, 5.74) is 1.61. The maximum absolute atomic E-state index is 14.7. The highest BCUT2D eigenvalue weighted by molar-refractivity contribution is 6.32. The molecule has 2 aromatic heterocycles. The number of hydrogen-bond acceptors (Lipinski definition) is 4. The number of nitrogens with zero attached hydrogens (tertiary/aromatic N) is 4. The molecule has 0 bridgehead atoms. The van der Waals surface area contributed by atoms with E-state index >= 15 is 0 Å². The van der Waals surface area contributed by atoms with Crippen LogP contribution in [0.15, 0.2) is 41.6 Å². The van der Waals surface area contributed by atoms with E-state index in [9.17, 15) is 14.0 Å². The van der Waals surface area contributed by atoms with Gasteiger partial charge in [-0.2, -0.15) is 0 Å². The summed E-state index contributed by atoms with van der Waals surface area (Å²) in [6, 6.07) is 5.67. The number of carbonyl (C=O) groups is 1. The van der Waals surface area contributed by atoms with Crippen LogP contribution in [0.1, 0.15) is 49.4 Å². The van der Waals surface area contributed by atoms with Gasteiger partial charge in [-0.15, -0.1) is 0 Å². The van der Waals surface area contributed by atoms with Crippen molar-refractivity contribution in [3.05, 3.63) is 74.9 Å². The molecule has 0 spiro atoms. The number of halogens is 2. The first kappa shape index (κ1) is 23.0. The molecule has 33 heavy (non-hydrogen) atoms. The minimum Gasteiger partial charge on any atom is -0.489 e. The Morgan fingerprint density at radius 3 is 2.70 bits per heavy atom. The van der Waals surface area contributed by atoms with Gasteiger partial charge in [-0.3, -0.25) is 9.59 Å². The Morgan fingerprint density at radius 1 is 1.27 bits per heavy atom. The quantitative estimate of drug-likeness (QED) is 0.538. The van der Waals surface area contributed by atoms with Crippen LogP contribution in [0.2, 0.25) is 5.02 Å². The zero-order valence-corrected chi connectivity index (χ0v) is 19.8. The number of pyridine rings is 1. The van der Waals surface area contributed by atoms with Gasteiger partial charge >= 0.3 is 0 Å². The number of fused-ring (bicyclic) bond motifs is 1. The lowest BCUT2D eigenvalue weighted by molar-refractivity contribution is 0.0587. The van der Waals surface area contributed by atoms with Gasteiger partial charge in [-0.05, 0) is 51.5 Å². The molecule has 0 aliphatic carbocycles. The van der Waals surface area contributed by atoms with Gasteiger partial charge in [0.15, 0.2) is 0 Å². The molecule has 1 atom stereocenters. The normalized spacial score (nSPS) is 15.8. The first-order valence-electron chi connectivity index (χ1n) is 10.9. The number of imidazole rings is 1. The zero-order chi connectivity index (χ0) is 23.9. The van der Waals surface area contributed by atoms with E-state index in [1.54, 1.807) is 27.9 Å². The summed E-state index contributed by atoms with van der Waals surface area (Å²) in [7, 11) is 0. The SMILES string of the molecule is CCc1cn(-c2ccc3n(c2=O)C[C@@H](C)N(Cc2cc(OC(C)C)c(Cl)cc2F)C3=O)cn1. The molecule has 9 heteroatoms. The smallest absolute Gasteiger partial charge is 0.275 e. The molecule has 174 valence electrons. The molecule has 1 aliphatic rings. The first-order valence-corrected chi connectivity index (χ1v) is 11.3. The van der Waals surface area contributed by atoms with Gasteiger partial charge in [0.05, 0.1) is 23.1 Å². The lowest BCUT2D eigenvalue weighted by Crippen LogP contribution is -2.49. The number of rotatable bonds is 6. The molecule has 1 aliphatic heterocycles. The van der Waals surface area contributed by atoms with Crippen molar-refractivity contribution in [3.63, 3.8) is 0 Å². The Morgan fingerprint density at radius 2 is 2.03 bits per heavy atom. The van der Waals surface area contributed by atoms with E-state index in [2.05, 4.69) is 4.98 Å². The van der Waals surface area contributed by atoms with Crippen molar-refractivity contribution < 1.29 is 13.9 Å². The summed E-state index contributed by atoms with van der Waals surface area (Å²) in [6.45, 7) is 7.87. The van der Waals surface area contributed by atoms with E-state index < -0.39 is 5.82 Å². The van der Waals surface area contributed by atoms with Gasteiger partial charge in [-0.1, -0.05) is 18.5 Å². The molecule has 1 amide bonds. The third-order valence-corrected chi connectivity index (χ3v) is 5.99. The standard InChI is InChI=1S/C24H26ClFN4O3/c1-5-17-12-28(13-27-17)20-6-7-21-24(32)29(15(4)10-30(21)23(20)31)11-16-8-22(33-14(2)3)18(25)9-19(16)26/h6-9,12-15H,5,10-11H2,1-4H3/t15-/m1/s1. The van der Waals surface area contributed by atoms with E-state index in [-0.39, 0.29) is 40.9 Å². The van der Waals surface area contributed by atoms with Crippen LogP contribution in [0.3, 0.4) is 0 Å². The number of ether oxygens (including phenoxy) is 1. The second kappa shape index (κ2) is 9.02. The topological polar surface area (TPSA) is 69.4 Å². The molecule has 0 saturated carbocycles. The maximum atomic E-state index is 14.7. The van der Waals surface area contributed by atoms with Crippen molar-refractivity contribution in [3.8, 4) is 11.4 Å². The second-order valence-electron chi connectivity index (χ2n) is 8.47. The monoisotopic (exact) mass is 472 g/mol. The molecule has 3 aromatic rings. The lowest BCUT2D eigenvalue weighted by Gasteiger charge is -2.35. The number of hydrogen-bond donors (Lipinski definition) is 0. The van der Waals surface area contributed by atoms with Crippen LogP contribution < -0.4 is 10.3 Å². The number of aromatic nitrogens is 3. The Balaban J connectivity index is 1.66. The fraction of sp³-hybridized carbons (Fsp3) is 0.375. The summed E-state index contributed by atoms with van der Waals surface area (Å²) in [5, 5.41) is 0.179. The summed E-state index contributed by atoms with van der Waals surface area (Å²) >= 11 is 6.12. The Kier molecular flexibility index (Phi) is 6.30. The molecule has 3 heterocycles. The van der Waals surface area contributed by atoms with Gasteiger partial charge < -0.3 is 18.8 Å². The van der Waals surface area contributed by atoms with Crippen LogP contribution in [-0.2, 0) is 19.5 Å². The zero-order valence-electron chi connectivity index (χ0n) is 19.0. The highest BCUT2D eigenvalue weighted by Crippen LogP contribution is 2.30. The molecule has 0 fully saturated rings. The second-order valence-corrected chi connectivity index (χ2v) is 8.88. The summed E-state index contributed by atoms with van der Waals surface area (Å²) in [6.07, 6.45) is 4.04. The maximum Gasteiger partial charge on any atom is 0.275 e. The summed E-state index contributed by atoms with van der Waals surface area (Å²) in [4.78, 5) is 32.3. The van der Waals surface area contributed by atoms with Crippen molar-refractivity contribution >= 4 is 17.5 Å². The van der Waals surface area contributed by atoms with Crippen LogP contribution in [0.5, 0.6) is 5.75 Å². The minimum absolute atomic E-state index is 0.0365. The predicted octanol–water partition coefficient (Wildman–Crippen LogP) is 4.22. The molecule has 0 saturated heterocycles. The van der Waals surface area contributed by atoms with E-state index in [1.165, 1.54) is 16.7 Å². The molecular weight excluding hydrogens is 447 g/mol. The molecule has 7 nitrogen and oxygen atoms in total. The van der Waals surface area contributed by atoms with Crippen molar-refractivity contribution in [2.45, 2.75) is 59.4 Å². The van der Waals surface area contributed by atoms with E-state index in [0.29, 0.717) is 23.5 Å². The molecule has 1 aromatic carbocycles. The number of carbonyl (C=O) groups excluding carboxylic acids is 1. The fourth-order valence-corrected chi connectivity index (χ4v) is 4.16. The predicted molar refractivity (Wildman–Crippen MR) is 124 cm³/mol. The van der Waals surface area contributed by atoms with Crippen molar-refractivity contribution in [2.24, 2.45) is 0 Å². The third kappa shape index (κ3) is 4.39. The van der Waals surface area contributed by atoms with Crippen molar-refractivity contribution in [1.29, 1.82) is 0 Å². The fourth-order valence-electron chi connectivity index (χ4n) is 3.97. The van der Waals surface area contributed by atoms with E-state index in [4.69, 9.17) is 16.3 Å². The highest BCUT2D eigenvalue weighted by atomic mass is 35.5. The summed E-state index contributed by atoms with van der Waals surface area (Å²) in [5.74, 6) is -0.479. The van der Waals surface area contributed by atoms with Gasteiger partial charge in [-0.25, -0.2) is 9.37 Å². The van der Waals surface area contributed by atoms with E-state index in [1.807, 2.05) is 33.9 Å². The van der Waals surface area contributed by atoms with Crippen molar-refractivity contribution in [2.75, 3.05) is 0 Å². The molecular formula is C24H26ClFN4O3. The van der Waals surface area contributed by atoms with Crippen LogP contribution in [0.25, 0.3) is 5.69 Å². The largest absolute Gasteiger partial charge is 0.489 e. The summed E-state index contributed by atoms with van der Waals surface area (Å²) < 4.78 is 23.5. The average Bonchev–Trinajstić information content (AvgIpc) is 3.23. The number of amides is 1. The number of benzene rings is 1. The molecule has 4 rings (SSSR count). The van der Waals surface area contributed by atoms with Crippen LogP contribution in [0.4, 0.5) is 4.39 Å². The molecule has 0 unspecified atom stereocenters. The van der Waals surface area contributed by atoms with Crippen LogP contribution in [0, 0.1) is 5.82 Å². The molecule has 0 radical (unpaired) electrons. The highest BCUT2D eigenvalue weighted by Gasteiger charge is 2.32. The minimum atomic E-state index is -0.513. The third-order valence-electron chi connectivity index (χ3n) is 5.69.